The second kappa shape index (κ2) is 8.49. The van der Waals surface area contributed by atoms with Crippen LogP contribution < -0.4 is 5.32 Å². The molecular weight excluding hydrogens is 404 g/mol. The first-order valence-electron chi connectivity index (χ1n) is 10.4. The molecule has 1 heterocycles. The summed E-state index contributed by atoms with van der Waals surface area (Å²) >= 11 is 0. The van der Waals surface area contributed by atoms with Crippen molar-refractivity contribution in [3.63, 3.8) is 0 Å². The number of amides is 3. The topological polar surface area (TPSA) is 119 Å². The van der Waals surface area contributed by atoms with Crippen LogP contribution in [0.25, 0.3) is 0 Å². The molecule has 3 amide bonds. The molecule has 0 spiro atoms. The van der Waals surface area contributed by atoms with E-state index in [1.165, 1.54) is 36.3 Å². The molecule has 4 rings (SSSR count). The third-order valence-electron chi connectivity index (χ3n) is 6.51. The highest BCUT2D eigenvalue weighted by Crippen LogP contribution is 2.56. The van der Waals surface area contributed by atoms with Crippen LogP contribution in [-0.2, 0) is 28.7 Å². The van der Waals surface area contributed by atoms with Gasteiger partial charge in [-0.25, -0.2) is 4.79 Å². The molecule has 164 valence electrons. The number of esters is 2. The molecule has 2 aliphatic carbocycles. The lowest BCUT2D eigenvalue weighted by Gasteiger charge is -2.19. The summed E-state index contributed by atoms with van der Waals surface area (Å²) < 4.78 is 9.56. The Balaban J connectivity index is 1.21. The zero-order valence-corrected chi connectivity index (χ0v) is 17.2. The highest BCUT2D eigenvalue weighted by atomic mass is 16.5. The van der Waals surface area contributed by atoms with Gasteiger partial charge in [0.25, 0.3) is 5.91 Å². The van der Waals surface area contributed by atoms with E-state index < -0.39 is 24.5 Å². The van der Waals surface area contributed by atoms with E-state index >= 15 is 0 Å². The molecule has 1 saturated heterocycles. The van der Waals surface area contributed by atoms with Gasteiger partial charge in [0.15, 0.2) is 6.61 Å². The van der Waals surface area contributed by atoms with E-state index in [2.05, 4.69) is 10.1 Å². The standard InChI is InChI=1S/C22H24N2O7/c1-30-22(29)12-4-6-15(7-5-12)23-16(25)11-31-17(26)8-9-24-20(27)18-13-2-3-14(10-13)19(18)21(24)28/h4-7,13-14,18-19H,2-3,8-11H2,1H3,(H,23,25)/t13-,14-,18-,19-/m0/s1. The molecule has 3 fully saturated rings. The summed E-state index contributed by atoms with van der Waals surface area (Å²) in [6, 6.07) is 6.05. The summed E-state index contributed by atoms with van der Waals surface area (Å²) in [5.41, 5.74) is 0.776. The lowest BCUT2D eigenvalue weighted by molar-refractivity contribution is -0.149. The Bertz CT molecular complexity index is 898. The Labute approximate surface area is 179 Å². The van der Waals surface area contributed by atoms with Crippen molar-refractivity contribution < 1.29 is 33.4 Å². The summed E-state index contributed by atoms with van der Waals surface area (Å²) in [7, 11) is 1.28. The number of ether oxygens (including phenoxy) is 2. The summed E-state index contributed by atoms with van der Waals surface area (Å²) in [5.74, 6) is -1.83. The first-order chi connectivity index (χ1) is 14.9. The molecule has 0 aromatic heterocycles. The van der Waals surface area contributed by atoms with E-state index in [0.717, 1.165) is 19.3 Å². The predicted molar refractivity (Wildman–Crippen MR) is 107 cm³/mol. The molecule has 1 aliphatic heterocycles. The average Bonchev–Trinajstić information content (AvgIpc) is 3.45. The summed E-state index contributed by atoms with van der Waals surface area (Å²) in [5, 5.41) is 2.55. The van der Waals surface area contributed by atoms with Crippen molar-refractivity contribution in [1.82, 2.24) is 4.90 Å². The van der Waals surface area contributed by atoms with E-state index in [9.17, 15) is 24.0 Å². The minimum Gasteiger partial charge on any atom is -0.465 e. The fourth-order valence-corrected chi connectivity index (χ4v) is 5.12. The largest absolute Gasteiger partial charge is 0.465 e. The van der Waals surface area contributed by atoms with Gasteiger partial charge in [-0.05, 0) is 55.4 Å². The summed E-state index contributed by atoms with van der Waals surface area (Å²) in [6.45, 7) is -0.506. The maximum atomic E-state index is 12.6. The Morgan fingerprint density at radius 1 is 1.03 bits per heavy atom. The van der Waals surface area contributed by atoms with Gasteiger partial charge in [-0.3, -0.25) is 24.1 Å². The number of methoxy groups -OCH3 is 1. The molecule has 2 saturated carbocycles. The second-order valence-electron chi connectivity index (χ2n) is 8.24. The molecule has 0 unspecified atom stereocenters. The molecule has 31 heavy (non-hydrogen) atoms. The maximum Gasteiger partial charge on any atom is 0.337 e. The number of rotatable bonds is 7. The fourth-order valence-electron chi connectivity index (χ4n) is 5.12. The molecule has 1 aromatic carbocycles. The normalized spacial score (nSPS) is 26.0. The van der Waals surface area contributed by atoms with Crippen molar-refractivity contribution in [3.05, 3.63) is 29.8 Å². The van der Waals surface area contributed by atoms with Crippen molar-refractivity contribution in [2.75, 3.05) is 25.6 Å². The molecule has 1 aromatic rings. The van der Waals surface area contributed by atoms with Gasteiger partial charge in [0.1, 0.15) is 0 Å². The van der Waals surface area contributed by atoms with Gasteiger partial charge in [0, 0.05) is 12.2 Å². The number of anilines is 1. The number of carbonyl (C=O) groups is 5. The van der Waals surface area contributed by atoms with E-state index in [0.29, 0.717) is 23.1 Å². The molecule has 2 bridgehead atoms. The van der Waals surface area contributed by atoms with Crippen LogP contribution in [0.1, 0.15) is 36.0 Å². The van der Waals surface area contributed by atoms with Gasteiger partial charge in [0.2, 0.25) is 11.8 Å². The van der Waals surface area contributed by atoms with E-state index in [1.54, 1.807) is 0 Å². The summed E-state index contributed by atoms with van der Waals surface area (Å²) in [6.07, 6.45) is 2.82. The van der Waals surface area contributed by atoms with Crippen molar-refractivity contribution in [1.29, 1.82) is 0 Å². The Hall–Kier alpha value is -3.23. The van der Waals surface area contributed by atoms with Crippen molar-refractivity contribution >= 4 is 35.3 Å². The number of hydrogen-bond donors (Lipinski definition) is 1. The Morgan fingerprint density at radius 3 is 2.23 bits per heavy atom. The highest BCUT2D eigenvalue weighted by molar-refractivity contribution is 6.06. The number of hydrogen-bond acceptors (Lipinski definition) is 7. The second-order valence-corrected chi connectivity index (χ2v) is 8.24. The van der Waals surface area contributed by atoms with Crippen LogP contribution >= 0.6 is 0 Å². The molecule has 1 N–H and O–H groups in total. The Morgan fingerprint density at radius 2 is 1.65 bits per heavy atom. The number of nitrogens with one attached hydrogen (secondary N) is 1. The minimum atomic E-state index is -0.656. The smallest absolute Gasteiger partial charge is 0.337 e. The van der Waals surface area contributed by atoms with Crippen LogP contribution in [0.5, 0.6) is 0 Å². The van der Waals surface area contributed by atoms with Gasteiger partial charge in [0.05, 0.1) is 30.9 Å². The third kappa shape index (κ3) is 4.04. The van der Waals surface area contributed by atoms with Crippen molar-refractivity contribution in [3.8, 4) is 0 Å². The molecule has 9 nitrogen and oxygen atoms in total. The molecule has 3 aliphatic rings. The molecular formula is C22H24N2O7. The van der Waals surface area contributed by atoms with Gasteiger partial charge >= 0.3 is 11.9 Å². The SMILES string of the molecule is COC(=O)c1ccc(NC(=O)COC(=O)CCN2C(=O)[C@H]3[C@H]4CC[C@@H](C4)[C@@H]3C2=O)cc1. The number of benzene rings is 1. The lowest BCUT2D eigenvalue weighted by Crippen LogP contribution is -2.35. The zero-order valence-electron chi connectivity index (χ0n) is 17.2. The first kappa shape index (κ1) is 21.0. The first-order valence-corrected chi connectivity index (χ1v) is 10.4. The third-order valence-corrected chi connectivity index (χ3v) is 6.51. The van der Waals surface area contributed by atoms with Gasteiger partial charge in [-0.2, -0.15) is 0 Å². The van der Waals surface area contributed by atoms with Crippen LogP contribution in [0.3, 0.4) is 0 Å². The van der Waals surface area contributed by atoms with Crippen molar-refractivity contribution in [2.24, 2.45) is 23.7 Å². The number of fused-ring (bicyclic) bond motifs is 5. The number of nitrogens with zero attached hydrogens (tertiary/aromatic N) is 1. The number of carbonyl (C=O) groups excluding carboxylic acids is 5. The monoisotopic (exact) mass is 428 g/mol. The highest BCUT2D eigenvalue weighted by Gasteiger charge is 2.60. The molecule has 0 radical (unpaired) electrons. The van der Waals surface area contributed by atoms with Crippen LogP contribution in [-0.4, -0.2) is 54.8 Å². The van der Waals surface area contributed by atoms with Crippen LogP contribution in [0.15, 0.2) is 24.3 Å². The lowest BCUT2D eigenvalue weighted by atomic mass is 9.81. The fraction of sp³-hybridized carbons (Fsp3) is 0.500. The Kier molecular flexibility index (Phi) is 5.75. The predicted octanol–water partition coefficient (Wildman–Crippen LogP) is 1.38. The van der Waals surface area contributed by atoms with Crippen molar-refractivity contribution in [2.45, 2.75) is 25.7 Å². The van der Waals surface area contributed by atoms with Crippen LogP contribution in [0.4, 0.5) is 5.69 Å². The van der Waals surface area contributed by atoms with E-state index in [1.807, 2.05) is 0 Å². The van der Waals surface area contributed by atoms with Gasteiger partial charge in [-0.15, -0.1) is 0 Å². The van der Waals surface area contributed by atoms with Gasteiger partial charge in [-0.1, -0.05) is 0 Å². The van der Waals surface area contributed by atoms with E-state index in [4.69, 9.17) is 4.74 Å². The molecule has 4 atom stereocenters. The number of imide groups is 1. The minimum absolute atomic E-state index is 0.0143. The van der Waals surface area contributed by atoms with Crippen LogP contribution in [0, 0.1) is 23.7 Å². The molecule has 9 heteroatoms. The zero-order chi connectivity index (χ0) is 22.1. The van der Waals surface area contributed by atoms with Crippen LogP contribution in [0.2, 0.25) is 0 Å². The van der Waals surface area contributed by atoms with Gasteiger partial charge < -0.3 is 14.8 Å². The average molecular weight is 428 g/mol. The summed E-state index contributed by atoms with van der Waals surface area (Å²) in [4.78, 5) is 61.8. The quantitative estimate of drug-likeness (QED) is 0.515. The number of likely N-dealkylation sites (tertiary alicyclic amines) is 1. The van der Waals surface area contributed by atoms with E-state index in [-0.39, 0.29) is 36.6 Å². The maximum absolute atomic E-state index is 12.6.